The smallest absolute Gasteiger partial charge is 0.357 e. The number of nitrogen functional groups attached to an aromatic ring is 1. The number of fused-ring (bicyclic) bond motifs is 1. The van der Waals surface area contributed by atoms with E-state index in [1.807, 2.05) is 12.2 Å². The van der Waals surface area contributed by atoms with Gasteiger partial charge >= 0.3 is 5.97 Å². The molecule has 2 aromatic rings. The van der Waals surface area contributed by atoms with Crippen molar-refractivity contribution in [1.82, 2.24) is 19.5 Å². The molecule has 20 heavy (non-hydrogen) atoms. The highest BCUT2D eigenvalue weighted by Crippen LogP contribution is 2.30. The predicted octanol–water partition coefficient (Wildman–Crippen LogP) is 0.216. The van der Waals surface area contributed by atoms with Crippen LogP contribution in [0.1, 0.15) is 23.0 Å². The molecular weight excluding hydrogens is 262 g/mol. The summed E-state index contributed by atoms with van der Waals surface area (Å²) in [5, 5.41) is 18.3. The fraction of sp³-hybridized carbons (Fsp3) is 0.333. The first-order valence-corrected chi connectivity index (χ1v) is 6.12. The lowest BCUT2D eigenvalue weighted by Crippen LogP contribution is -2.10. The molecular formula is C12H13N5O3. The standard InChI is InChI=1S/C12H13N5O3/c13-12-15-9(11(19)20)8-10(16-12)17(5-14-8)7-2-1-6(3-7)4-18/h1-2,5-7,18H,3-4H2,(H,19,20)(H2,13,15,16). The number of imidazole rings is 1. The van der Waals surface area contributed by atoms with Crippen LogP contribution in [-0.2, 0) is 0 Å². The Hall–Kier alpha value is -2.48. The number of aromatic carboxylic acids is 1. The van der Waals surface area contributed by atoms with Crippen molar-refractivity contribution in [2.24, 2.45) is 5.92 Å². The fourth-order valence-electron chi connectivity index (χ4n) is 2.42. The van der Waals surface area contributed by atoms with Gasteiger partial charge in [-0.25, -0.2) is 14.8 Å². The minimum Gasteiger partial charge on any atom is -0.476 e. The molecule has 3 rings (SSSR count). The lowest BCUT2D eigenvalue weighted by atomic mass is 10.1. The summed E-state index contributed by atoms with van der Waals surface area (Å²) >= 11 is 0. The highest BCUT2D eigenvalue weighted by atomic mass is 16.4. The second-order valence-electron chi connectivity index (χ2n) is 4.69. The second kappa shape index (κ2) is 4.57. The third-order valence-corrected chi connectivity index (χ3v) is 3.38. The fourth-order valence-corrected chi connectivity index (χ4v) is 2.42. The molecule has 2 atom stereocenters. The number of carboxylic acids is 1. The molecule has 1 aliphatic carbocycles. The molecule has 0 saturated carbocycles. The van der Waals surface area contributed by atoms with Crippen molar-refractivity contribution in [2.45, 2.75) is 12.5 Å². The van der Waals surface area contributed by atoms with Gasteiger partial charge in [0.25, 0.3) is 0 Å². The molecule has 0 saturated heterocycles. The van der Waals surface area contributed by atoms with E-state index < -0.39 is 5.97 Å². The van der Waals surface area contributed by atoms with E-state index in [9.17, 15) is 4.79 Å². The van der Waals surface area contributed by atoms with Gasteiger partial charge in [-0.15, -0.1) is 0 Å². The first kappa shape index (κ1) is 12.5. The van der Waals surface area contributed by atoms with Gasteiger partial charge in [0.2, 0.25) is 5.95 Å². The third-order valence-electron chi connectivity index (χ3n) is 3.38. The van der Waals surface area contributed by atoms with Crippen LogP contribution >= 0.6 is 0 Å². The van der Waals surface area contributed by atoms with Gasteiger partial charge in [-0.1, -0.05) is 12.2 Å². The molecule has 2 heterocycles. The highest BCUT2D eigenvalue weighted by molar-refractivity contribution is 5.98. The van der Waals surface area contributed by atoms with Gasteiger partial charge < -0.3 is 20.5 Å². The van der Waals surface area contributed by atoms with Gasteiger partial charge in [-0.3, -0.25) is 0 Å². The summed E-state index contributed by atoms with van der Waals surface area (Å²) in [5.74, 6) is -1.20. The van der Waals surface area contributed by atoms with Crippen LogP contribution in [0, 0.1) is 5.92 Å². The zero-order valence-electron chi connectivity index (χ0n) is 10.5. The number of carboxylic acid groups (broad SMARTS) is 1. The Morgan fingerprint density at radius 1 is 1.45 bits per heavy atom. The molecule has 2 unspecified atom stereocenters. The van der Waals surface area contributed by atoms with Crippen molar-refractivity contribution >= 4 is 23.1 Å². The summed E-state index contributed by atoms with van der Waals surface area (Å²) in [6.45, 7) is 0.0805. The topological polar surface area (TPSA) is 127 Å². The summed E-state index contributed by atoms with van der Waals surface area (Å²) in [4.78, 5) is 23.0. The van der Waals surface area contributed by atoms with Crippen molar-refractivity contribution in [3.63, 3.8) is 0 Å². The number of hydrogen-bond acceptors (Lipinski definition) is 6. The number of hydrogen-bond donors (Lipinski definition) is 3. The van der Waals surface area contributed by atoms with Gasteiger partial charge in [-0.05, 0) is 6.42 Å². The Kier molecular flexibility index (Phi) is 2.87. The molecule has 0 bridgehead atoms. The number of allylic oxidation sites excluding steroid dienone is 1. The summed E-state index contributed by atoms with van der Waals surface area (Å²) in [7, 11) is 0. The number of aromatic nitrogens is 4. The number of aliphatic hydroxyl groups excluding tert-OH is 1. The van der Waals surface area contributed by atoms with Gasteiger partial charge in [0, 0.05) is 12.5 Å². The normalized spacial score (nSPS) is 21.6. The van der Waals surface area contributed by atoms with Gasteiger partial charge in [-0.2, -0.15) is 4.98 Å². The molecule has 0 amide bonds. The lowest BCUT2D eigenvalue weighted by Gasteiger charge is -2.12. The van der Waals surface area contributed by atoms with E-state index in [2.05, 4.69) is 15.0 Å². The average molecular weight is 275 g/mol. The van der Waals surface area contributed by atoms with Crippen LogP contribution in [0.25, 0.3) is 11.2 Å². The number of rotatable bonds is 3. The van der Waals surface area contributed by atoms with E-state index in [0.29, 0.717) is 12.1 Å². The predicted molar refractivity (Wildman–Crippen MR) is 70.1 cm³/mol. The van der Waals surface area contributed by atoms with Crippen LogP contribution < -0.4 is 5.73 Å². The summed E-state index contributed by atoms with van der Waals surface area (Å²) in [5.41, 5.74) is 5.96. The molecule has 4 N–H and O–H groups in total. The van der Waals surface area contributed by atoms with Gasteiger partial charge in [0.15, 0.2) is 11.3 Å². The molecule has 0 spiro atoms. The quantitative estimate of drug-likeness (QED) is 0.683. The van der Waals surface area contributed by atoms with Crippen LogP contribution in [0.5, 0.6) is 0 Å². The third kappa shape index (κ3) is 1.90. The van der Waals surface area contributed by atoms with Crippen LogP contribution in [0.4, 0.5) is 5.95 Å². The first-order valence-electron chi connectivity index (χ1n) is 6.12. The maximum Gasteiger partial charge on any atom is 0.357 e. The molecule has 2 aromatic heterocycles. The maximum atomic E-state index is 11.2. The Bertz CT molecular complexity index is 708. The van der Waals surface area contributed by atoms with Crippen molar-refractivity contribution in [2.75, 3.05) is 12.3 Å². The summed E-state index contributed by atoms with van der Waals surface area (Å²) < 4.78 is 1.76. The van der Waals surface area contributed by atoms with Crippen molar-refractivity contribution in [3.8, 4) is 0 Å². The first-order chi connectivity index (χ1) is 9.60. The molecule has 1 aliphatic rings. The number of carbonyl (C=O) groups is 1. The molecule has 0 aliphatic heterocycles. The molecule has 104 valence electrons. The number of anilines is 1. The maximum absolute atomic E-state index is 11.2. The number of aliphatic hydroxyl groups is 1. The average Bonchev–Trinajstić information content (AvgIpc) is 3.02. The van der Waals surface area contributed by atoms with E-state index in [4.69, 9.17) is 15.9 Å². The monoisotopic (exact) mass is 275 g/mol. The van der Waals surface area contributed by atoms with Crippen molar-refractivity contribution in [3.05, 3.63) is 24.2 Å². The second-order valence-corrected chi connectivity index (χ2v) is 4.69. The van der Waals surface area contributed by atoms with E-state index in [1.165, 1.54) is 6.33 Å². The van der Waals surface area contributed by atoms with Crippen LogP contribution in [-0.4, -0.2) is 42.3 Å². The lowest BCUT2D eigenvalue weighted by molar-refractivity contribution is 0.0692. The van der Waals surface area contributed by atoms with Gasteiger partial charge in [0.05, 0.1) is 12.4 Å². The molecule has 0 aromatic carbocycles. The van der Waals surface area contributed by atoms with Crippen molar-refractivity contribution in [1.29, 1.82) is 0 Å². The number of nitrogens with zero attached hydrogens (tertiary/aromatic N) is 4. The van der Waals surface area contributed by atoms with Crippen LogP contribution in [0.3, 0.4) is 0 Å². The van der Waals surface area contributed by atoms with E-state index >= 15 is 0 Å². The van der Waals surface area contributed by atoms with Crippen LogP contribution in [0.15, 0.2) is 18.5 Å². The summed E-state index contributed by atoms with van der Waals surface area (Å²) in [6, 6.07) is -0.0203. The molecule has 0 fully saturated rings. The van der Waals surface area contributed by atoms with Crippen LogP contribution in [0.2, 0.25) is 0 Å². The zero-order chi connectivity index (χ0) is 14.3. The van der Waals surface area contributed by atoms with E-state index in [1.54, 1.807) is 4.57 Å². The molecule has 8 heteroatoms. The largest absolute Gasteiger partial charge is 0.476 e. The minimum absolute atomic E-state index is 0.0203. The molecule has 0 radical (unpaired) electrons. The zero-order valence-corrected chi connectivity index (χ0v) is 10.5. The highest BCUT2D eigenvalue weighted by Gasteiger charge is 2.24. The SMILES string of the molecule is Nc1nc(C(=O)O)c2ncn(C3C=CC(CO)C3)c2n1. The Morgan fingerprint density at radius 3 is 2.90 bits per heavy atom. The summed E-state index contributed by atoms with van der Waals surface area (Å²) in [6.07, 6.45) is 6.12. The van der Waals surface area contributed by atoms with E-state index in [0.717, 1.165) is 0 Å². The Balaban J connectivity index is 2.10. The van der Waals surface area contributed by atoms with Crippen molar-refractivity contribution < 1.29 is 15.0 Å². The van der Waals surface area contributed by atoms with E-state index in [-0.39, 0.29) is 35.7 Å². The van der Waals surface area contributed by atoms with Gasteiger partial charge in [0.1, 0.15) is 5.52 Å². The number of nitrogens with two attached hydrogens (primary N) is 1. The Morgan fingerprint density at radius 2 is 2.25 bits per heavy atom. The molecule has 8 nitrogen and oxygen atoms in total. The Labute approximate surface area is 113 Å². The minimum atomic E-state index is -1.19.